The SMILES string of the molecule is CCCN1C(=O)C(=Cc2cn(-c3ccccc3)nc2-c2cccc(S(=O)(=O)N3CC(C)CC(C)C3)c2)SC1=S. The summed E-state index contributed by atoms with van der Waals surface area (Å²) in [6, 6.07) is 16.6. The van der Waals surface area contributed by atoms with Crippen molar-refractivity contribution in [3.63, 3.8) is 0 Å². The van der Waals surface area contributed by atoms with Crippen molar-refractivity contribution in [3.8, 4) is 16.9 Å². The van der Waals surface area contributed by atoms with Crippen LogP contribution in [0, 0.1) is 11.8 Å². The van der Waals surface area contributed by atoms with E-state index in [4.69, 9.17) is 17.3 Å². The molecule has 0 bridgehead atoms. The van der Waals surface area contributed by atoms with Gasteiger partial charge in [-0.05, 0) is 55.0 Å². The number of carbonyl (C=O) groups is 1. The fourth-order valence-electron chi connectivity index (χ4n) is 5.24. The van der Waals surface area contributed by atoms with Crippen LogP contribution in [0.5, 0.6) is 0 Å². The third kappa shape index (κ3) is 5.75. The number of para-hydroxylation sites is 1. The van der Waals surface area contributed by atoms with Gasteiger partial charge in [0, 0.05) is 37.0 Å². The van der Waals surface area contributed by atoms with Crippen molar-refractivity contribution in [3.05, 3.63) is 71.3 Å². The Morgan fingerprint density at radius 1 is 1.08 bits per heavy atom. The molecule has 0 N–H and O–H groups in total. The number of rotatable bonds is 7. The number of thioether (sulfide) groups is 1. The lowest BCUT2D eigenvalue weighted by Crippen LogP contribution is -2.42. The summed E-state index contributed by atoms with van der Waals surface area (Å²) < 4.78 is 31.2. The summed E-state index contributed by atoms with van der Waals surface area (Å²) in [4.78, 5) is 15.5. The van der Waals surface area contributed by atoms with Crippen LogP contribution in [-0.2, 0) is 14.8 Å². The number of aromatic nitrogens is 2. The molecule has 2 aliphatic heterocycles. The zero-order valence-corrected chi connectivity index (χ0v) is 24.7. The fourth-order valence-corrected chi connectivity index (χ4v) is 8.27. The topological polar surface area (TPSA) is 75.5 Å². The normalized spacial score (nSPS) is 21.7. The first kappa shape index (κ1) is 27.8. The van der Waals surface area contributed by atoms with Gasteiger partial charge in [-0.1, -0.05) is 75.1 Å². The molecule has 2 unspecified atom stereocenters. The van der Waals surface area contributed by atoms with Gasteiger partial charge in [0.1, 0.15) is 10.0 Å². The van der Waals surface area contributed by atoms with E-state index in [1.807, 2.05) is 55.6 Å². The van der Waals surface area contributed by atoms with Crippen LogP contribution in [0.25, 0.3) is 23.0 Å². The van der Waals surface area contributed by atoms with Gasteiger partial charge in [0.05, 0.1) is 15.5 Å². The summed E-state index contributed by atoms with van der Waals surface area (Å²) in [5.74, 6) is 0.507. The first-order chi connectivity index (χ1) is 18.7. The van der Waals surface area contributed by atoms with Crippen LogP contribution in [0.3, 0.4) is 0 Å². The van der Waals surface area contributed by atoms with E-state index in [2.05, 4.69) is 13.8 Å². The van der Waals surface area contributed by atoms with Crippen LogP contribution >= 0.6 is 24.0 Å². The standard InChI is InChI=1S/C29H32N4O3S3/c1-4-13-32-28(34)26(38-29(32)37)16-23-19-33(24-10-6-5-7-11-24)30-27(23)22-9-8-12-25(15-22)39(35,36)31-17-20(2)14-21(3)18-31/h5-12,15-16,19-21H,4,13-14,17-18H2,1-3H3. The van der Waals surface area contributed by atoms with Gasteiger partial charge in [-0.2, -0.15) is 9.40 Å². The largest absolute Gasteiger partial charge is 0.293 e. The monoisotopic (exact) mass is 580 g/mol. The molecule has 0 spiro atoms. The maximum Gasteiger partial charge on any atom is 0.266 e. The molecule has 204 valence electrons. The van der Waals surface area contributed by atoms with Crippen molar-refractivity contribution in [2.24, 2.45) is 11.8 Å². The van der Waals surface area contributed by atoms with Crippen molar-refractivity contribution < 1.29 is 13.2 Å². The lowest BCUT2D eigenvalue weighted by Gasteiger charge is -2.34. The van der Waals surface area contributed by atoms with E-state index in [1.165, 1.54) is 11.8 Å². The van der Waals surface area contributed by atoms with Gasteiger partial charge in [-0.25, -0.2) is 13.1 Å². The molecule has 2 aromatic carbocycles. The molecule has 2 aliphatic rings. The van der Waals surface area contributed by atoms with E-state index in [-0.39, 0.29) is 10.8 Å². The summed E-state index contributed by atoms with van der Waals surface area (Å²) in [5.41, 5.74) is 2.83. The highest BCUT2D eigenvalue weighted by Crippen LogP contribution is 2.36. The third-order valence-corrected chi connectivity index (χ3v) is 10.2. The number of carbonyl (C=O) groups excluding carboxylic acids is 1. The van der Waals surface area contributed by atoms with Gasteiger partial charge in [0.25, 0.3) is 5.91 Å². The quantitative estimate of drug-likeness (QED) is 0.259. The Hall–Kier alpha value is -2.79. The van der Waals surface area contributed by atoms with Crippen molar-refractivity contribution in [2.75, 3.05) is 19.6 Å². The smallest absolute Gasteiger partial charge is 0.266 e. The molecular weight excluding hydrogens is 549 g/mol. The molecule has 39 heavy (non-hydrogen) atoms. The number of hydrogen-bond donors (Lipinski definition) is 0. The second kappa shape index (κ2) is 11.4. The first-order valence-corrected chi connectivity index (χ1v) is 15.8. The lowest BCUT2D eigenvalue weighted by molar-refractivity contribution is -0.122. The van der Waals surface area contributed by atoms with Gasteiger partial charge in [0.2, 0.25) is 10.0 Å². The molecule has 3 heterocycles. The van der Waals surface area contributed by atoms with Crippen LogP contribution in [0.1, 0.15) is 39.2 Å². The summed E-state index contributed by atoms with van der Waals surface area (Å²) in [6.45, 7) is 7.82. The number of benzene rings is 2. The van der Waals surface area contributed by atoms with E-state index in [0.29, 0.717) is 57.5 Å². The van der Waals surface area contributed by atoms with E-state index in [0.717, 1.165) is 18.5 Å². The van der Waals surface area contributed by atoms with Gasteiger partial charge >= 0.3 is 0 Å². The Morgan fingerprint density at radius 2 is 1.79 bits per heavy atom. The minimum Gasteiger partial charge on any atom is -0.293 e. The van der Waals surface area contributed by atoms with E-state index < -0.39 is 10.0 Å². The Bertz CT molecular complexity index is 1520. The van der Waals surface area contributed by atoms with Gasteiger partial charge in [-0.15, -0.1) is 0 Å². The molecule has 7 nitrogen and oxygen atoms in total. The molecule has 2 atom stereocenters. The molecule has 1 aromatic heterocycles. The molecule has 0 saturated carbocycles. The van der Waals surface area contributed by atoms with Crippen molar-refractivity contribution in [2.45, 2.75) is 38.5 Å². The molecule has 2 saturated heterocycles. The molecule has 2 fully saturated rings. The van der Waals surface area contributed by atoms with Crippen molar-refractivity contribution >= 4 is 50.3 Å². The number of thiocarbonyl (C=S) groups is 1. The molecule has 0 radical (unpaired) electrons. The summed E-state index contributed by atoms with van der Waals surface area (Å²) in [6.07, 6.45) is 5.52. The number of piperidine rings is 1. The zero-order chi connectivity index (χ0) is 27.7. The Morgan fingerprint density at radius 3 is 2.49 bits per heavy atom. The molecule has 5 rings (SSSR count). The highest BCUT2D eigenvalue weighted by Gasteiger charge is 2.33. The third-order valence-electron chi connectivity index (χ3n) is 6.95. The summed E-state index contributed by atoms with van der Waals surface area (Å²) in [7, 11) is -3.67. The fraction of sp³-hybridized carbons (Fsp3) is 0.345. The van der Waals surface area contributed by atoms with Gasteiger partial charge < -0.3 is 0 Å². The van der Waals surface area contributed by atoms with Crippen LogP contribution < -0.4 is 0 Å². The lowest BCUT2D eigenvalue weighted by atomic mass is 9.94. The van der Waals surface area contributed by atoms with Gasteiger partial charge in [-0.3, -0.25) is 9.69 Å². The number of hydrogen-bond acceptors (Lipinski definition) is 6. The van der Waals surface area contributed by atoms with Crippen molar-refractivity contribution in [1.82, 2.24) is 19.0 Å². The first-order valence-electron chi connectivity index (χ1n) is 13.2. The zero-order valence-electron chi connectivity index (χ0n) is 22.3. The maximum atomic E-state index is 13.6. The Balaban J connectivity index is 1.57. The van der Waals surface area contributed by atoms with E-state index in [1.54, 1.807) is 32.1 Å². The second-order valence-electron chi connectivity index (χ2n) is 10.3. The average Bonchev–Trinajstić information content (AvgIpc) is 3.45. The number of amides is 1. The number of sulfonamides is 1. The minimum atomic E-state index is -3.67. The molecule has 3 aromatic rings. The molecular formula is C29H32N4O3S3. The predicted octanol–water partition coefficient (Wildman–Crippen LogP) is 5.82. The van der Waals surface area contributed by atoms with Crippen molar-refractivity contribution in [1.29, 1.82) is 0 Å². The van der Waals surface area contributed by atoms with Crippen LogP contribution in [-0.4, -0.2) is 57.3 Å². The second-order valence-corrected chi connectivity index (χ2v) is 14.0. The highest BCUT2D eigenvalue weighted by atomic mass is 32.2. The maximum absolute atomic E-state index is 13.6. The highest BCUT2D eigenvalue weighted by molar-refractivity contribution is 8.26. The predicted molar refractivity (Wildman–Crippen MR) is 161 cm³/mol. The average molecular weight is 581 g/mol. The number of nitrogens with zero attached hydrogens (tertiary/aromatic N) is 4. The summed E-state index contributed by atoms with van der Waals surface area (Å²) in [5, 5.41) is 4.85. The summed E-state index contributed by atoms with van der Waals surface area (Å²) >= 11 is 6.74. The van der Waals surface area contributed by atoms with Crippen LogP contribution in [0.4, 0.5) is 0 Å². The van der Waals surface area contributed by atoms with E-state index >= 15 is 0 Å². The van der Waals surface area contributed by atoms with E-state index in [9.17, 15) is 13.2 Å². The molecule has 10 heteroatoms. The Kier molecular flexibility index (Phi) is 8.09. The molecule has 0 aliphatic carbocycles. The Labute approximate surface area is 239 Å². The van der Waals surface area contributed by atoms with Gasteiger partial charge in [0.15, 0.2) is 0 Å². The molecule has 1 amide bonds. The van der Waals surface area contributed by atoms with Crippen LogP contribution in [0.2, 0.25) is 0 Å². The minimum absolute atomic E-state index is 0.116. The van der Waals surface area contributed by atoms with Crippen LogP contribution in [0.15, 0.2) is 70.6 Å².